The van der Waals surface area contributed by atoms with Crippen molar-refractivity contribution in [3.8, 4) is 0 Å². The molecule has 0 saturated heterocycles. The van der Waals surface area contributed by atoms with Gasteiger partial charge in [0.2, 0.25) is 0 Å². The summed E-state index contributed by atoms with van der Waals surface area (Å²) >= 11 is 0. The van der Waals surface area contributed by atoms with Crippen LogP contribution in [0.5, 0.6) is 0 Å². The van der Waals surface area contributed by atoms with E-state index in [1.807, 2.05) is 6.92 Å². The second-order valence-electron chi connectivity index (χ2n) is 5.57. The fourth-order valence-corrected chi connectivity index (χ4v) is 4.85. The minimum atomic E-state index is -0.879. The normalized spacial score (nSPS) is 34.6. The number of carbonyl (C=O) groups is 1. The van der Waals surface area contributed by atoms with E-state index in [1.165, 1.54) is 32.8 Å². The van der Waals surface area contributed by atoms with Crippen molar-refractivity contribution >= 4 is 16.8 Å². The predicted molar refractivity (Wildman–Crippen MR) is 68.0 cm³/mol. The molecule has 0 heterocycles. The Kier molecular flexibility index (Phi) is 4.23. The molecule has 2 aliphatic carbocycles. The number of carbonyl (C=O) groups excluding carboxylic acids is 1. The molecule has 98 valence electrons. The molecule has 2 aliphatic rings. The molecule has 4 heteroatoms. The Bertz CT molecular complexity index is 316. The lowest BCUT2D eigenvalue weighted by Crippen LogP contribution is -2.25. The molecule has 3 nitrogen and oxygen atoms in total. The van der Waals surface area contributed by atoms with Crippen LogP contribution >= 0.6 is 0 Å². The molecule has 0 radical (unpaired) electrons. The van der Waals surface area contributed by atoms with Crippen molar-refractivity contribution in [2.24, 2.45) is 17.8 Å². The number of ether oxygens (including phenoxy) is 1. The maximum absolute atomic E-state index is 12.1. The Morgan fingerprint density at radius 2 is 2.18 bits per heavy atom. The van der Waals surface area contributed by atoms with Crippen molar-refractivity contribution < 1.29 is 13.7 Å². The minimum absolute atomic E-state index is 0.0680. The molecule has 0 N–H and O–H groups in total. The predicted octanol–water partition coefficient (Wildman–Crippen LogP) is 2.12. The van der Waals surface area contributed by atoms with Crippen LogP contribution in [0.1, 0.15) is 39.0 Å². The lowest BCUT2D eigenvalue weighted by atomic mass is 9.90. The van der Waals surface area contributed by atoms with E-state index in [9.17, 15) is 9.00 Å². The van der Waals surface area contributed by atoms with E-state index in [1.54, 1.807) is 0 Å². The number of hydrogen-bond donors (Lipinski definition) is 0. The van der Waals surface area contributed by atoms with Gasteiger partial charge in [0.25, 0.3) is 0 Å². The lowest BCUT2D eigenvalue weighted by Gasteiger charge is -2.22. The van der Waals surface area contributed by atoms with Gasteiger partial charge in [0.1, 0.15) is 0 Å². The lowest BCUT2D eigenvalue weighted by molar-refractivity contribution is -0.140. The molecule has 5 atom stereocenters. The van der Waals surface area contributed by atoms with Crippen molar-refractivity contribution in [1.82, 2.24) is 0 Å². The van der Waals surface area contributed by atoms with Gasteiger partial charge in [0, 0.05) is 21.8 Å². The maximum atomic E-state index is 12.1. The Hall–Kier alpha value is -0.380. The fraction of sp³-hybridized carbons (Fsp3) is 0.923. The summed E-state index contributed by atoms with van der Waals surface area (Å²) in [4.78, 5) is 11.1. The highest BCUT2D eigenvalue weighted by molar-refractivity contribution is 7.85. The molecule has 2 saturated carbocycles. The van der Waals surface area contributed by atoms with Gasteiger partial charge in [-0.05, 0) is 37.0 Å². The average molecular weight is 258 g/mol. The molecule has 2 rings (SSSR count). The van der Waals surface area contributed by atoms with Crippen LogP contribution in [0, 0.1) is 17.8 Å². The van der Waals surface area contributed by atoms with Gasteiger partial charge < -0.3 is 4.74 Å². The van der Waals surface area contributed by atoms with Gasteiger partial charge in [-0.3, -0.25) is 9.00 Å². The largest absolute Gasteiger partial charge is 0.469 e. The smallest absolute Gasteiger partial charge is 0.306 e. The first-order chi connectivity index (χ1) is 8.10. The van der Waals surface area contributed by atoms with Crippen LogP contribution in [0.25, 0.3) is 0 Å². The van der Waals surface area contributed by atoms with Gasteiger partial charge in [-0.1, -0.05) is 13.3 Å². The third kappa shape index (κ3) is 3.09. The first kappa shape index (κ1) is 13.1. The molecule has 0 aliphatic heterocycles. The second-order valence-corrected chi connectivity index (χ2v) is 7.47. The highest BCUT2D eigenvalue weighted by atomic mass is 32.2. The Labute approximate surface area is 106 Å². The SMILES string of the molecule is COC(=O)CC(C)S(=O)CC1CC2CCC1C2. The maximum Gasteiger partial charge on any atom is 0.306 e. The monoisotopic (exact) mass is 258 g/mol. The van der Waals surface area contributed by atoms with Crippen molar-refractivity contribution in [2.75, 3.05) is 12.9 Å². The summed E-state index contributed by atoms with van der Waals surface area (Å²) in [5.41, 5.74) is 0. The summed E-state index contributed by atoms with van der Waals surface area (Å²) in [5.74, 6) is 2.90. The number of rotatable bonds is 5. The van der Waals surface area contributed by atoms with E-state index in [-0.39, 0.29) is 17.6 Å². The van der Waals surface area contributed by atoms with E-state index in [4.69, 9.17) is 0 Å². The second kappa shape index (κ2) is 5.51. The van der Waals surface area contributed by atoms with E-state index >= 15 is 0 Å². The van der Waals surface area contributed by atoms with Crippen LogP contribution in [0.3, 0.4) is 0 Å². The zero-order valence-electron chi connectivity index (χ0n) is 10.7. The van der Waals surface area contributed by atoms with Crippen molar-refractivity contribution in [3.05, 3.63) is 0 Å². The first-order valence-electron chi connectivity index (χ1n) is 6.54. The van der Waals surface area contributed by atoms with Crippen LogP contribution in [-0.4, -0.2) is 28.3 Å². The highest BCUT2D eigenvalue weighted by Crippen LogP contribution is 2.48. The van der Waals surface area contributed by atoms with Crippen LogP contribution in [0.2, 0.25) is 0 Å². The Morgan fingerprint density at radius 3 is 2.71 bits per heavy atom. The molecule has 0 aromatic rings. The standard InChI is InChI=1S/C13H22O3S/c1-9(5-13(14)16-2)17(15)8-12-7-10-3-4-11(12)6-10/h9-12H,3-8H2,1-2H3. The van der Waals surface area contributed by atoms with Gasteiger partial charge >= 0.3 is 5.97 Å². The minimum Gasteiger partial charge on any atom is -0.469 e. The molecular formula is C13H22O3S. The topological polar surface area (TPSA) is 43.4 Å². The molecule has 2 fully saturated rings. The summed E-state index contributed by atoms with van der Waals surface area (Å²) in [6, 6.07) is 0. The third-order valence-corrected chi connectivity index (χ3v) is 6.21. The quantitative estimate of drug-likeness (QED) is 0.709. The Balaban J connectivity index is 1.79. The van der Waals surface area contributed by atoms with Gasteiger partial charge in [-0.15, -0.1) is 0 Å². The molecule has 5 unspecified atom stereocenters. The van der Waals surface area contributed by atoms with E-state index < -0.39 is 10.8 Å². The van der Waals surface area contributed by atoms with Crippen molar-refractivity contribution in [1.29, 1.82) is 0 Å². The summed E-state index contributed by atoms with van der Waals surface area (Å²) in [5, 5.41) is -0.0680. The number of esters is 1. The average Bonchev–Trinajstić information content (AvgIpc) is 2.90. The zero-order chi connectivity index (χ0) is 12.4. The Morgan fingerprint density at radius 1 is 1.41 bits per heavy atom. The third-order valence-electron chi connectivity index (χ3n) is 4.39. The van der Waals surface area contributed by atoms with Gasteiger partial charge in [-0.2, -0.15) is 0 Å². The number of hydrogen-bond acceptors (Lipinski definition) is 3. The van der Waals surface area contributed by atoms with Gasteiger partial charge in [0.15, 0.2) is 0 Å². The molecule has 2 bridgehead atoms. The molecular weight excluding hydrogens is 236 g/mol. The van der Waals surface area contributed by atoms with Crippen LogP contribution in [-0.2, 0) is 20.3 Å². The van der Waals surface area contributed by atoms with Crippen LogP contribution < -0.4 is 0 Å². The van der Waals surface area contributed by atoms with Crippen molar-refractivity contribution in [3.63, 3.8) is 0 Å². The van der Waals surface area contributed by atoms with E-state index in [0.717, 1.165) is 17.6 Å². The highest BCUT2D eigenvalue weighted by Gasteiger charge is 2.40. The van der Waals surface area contributed by atoms with Crippen LogP contribution in [0.15, 0.2) is 0 Å². The summed E-state index contributed by atoms with van der Waals surface area (Å²) < 4.78 is 16.7. The molecule has 17 heavy (non-hydrogen) atoms. The van der Waals surface area contributed by atoms with Crippen LogP contribution in [0.4, 0.5) is 0 Å². The number of fused-ring (bicyclic) bond motifs is 2. The first-order valence-corrected chi connectivity index (χ1v) is 7.92. The van der Waals surface area contributed by atoms with Crippen molar-refractivity contribution in [2.45, 2.75) is 44.3 Å². The molecule has 0 aromatic carbocycles. The summed E-state index contributed by atoms with van der Waals surface area (Å²) in [6.07, 6.45) is 5.61. The molecule has 0 spiro atoms. The molecule has 0 aromatic heterocycles. The fourth-order valence-electron chi connectivity index (χ4n) is 3.37. The zero-order valence-corrected chi connectivity index (χ0v) is 11.5. The molecule has 0 amide bonds. The van der Waals surface area contributed by atoms with E-state index in [2.05, 4.69) is 4.74 Å². The number of methoxy groups -OCH3 is 1. The van der Waals surface area contributed by atoms with Gasteiger partial charge in [-0.25, -0.2) is 0 Å². The van der Waals surface area contributed by atoms with E-state index in [0.29, 0.717) is 5.92 Å². The van der Waals surface area contributed by atoms with Gasteiger partial charge in [0.05, 0.1) is 13.5 Å². The summed E-state index contributed by atoms with van der Waals surface area (Å²) in [6.45, 7) is 1.89. The summed E-state index contributed by atoms with van der Waals surface area (Å²) in [7, 11) is 0.503.